The van der Waals surface area contributed by atoms with Crippen LogP contribution in [0.4, 0.5) is 14.5 Å². The lowest BCUT2D eigenvalue weighted by atomic mass is 10.0. The van der Waals surface area contributed by atoms with Gasteiger partial charge < -0.3 is 25.7 Å². The molecule has 1 amide bonds. The Kier molecular flexibility index (Phi) is 7.60. The number of anilines is 1. The number of ether oxygens (including phenoxy) is 1. The van der Waals surface area contributed by atoms with Crippen LogP contribution in [0, 0.1) is 0 Å². The number of rotatable bonds is 9. The highest BCUT2D eigenvalue weighted by atomic mass is 19.3. The lowest BCUT2D eigenvalue weighted by Crippen LogP contribution is -2.52. The van der Waals surface area contributed by atoms with Gasteiger partial charge in [0.25, 0.3) is 12.3 Å². The molecule has 0 bridgehead atoms. The minimum Gasteiger partial charge on any atom is -0.489 e. The predicted molar refractivity (Wildman–Crippen MR) is 109 cm³/mol. The van der Waals surface area contributed by atoms with E-state index in [-0.39, 0.29) is 34.9 Å². The molecule has 0 aliphatic carbocycles. The number of aliphatic hydroxyl groups excluding tert-OH is 1. The van der Waals surface area contributed by atoms with Gasteiger partial charge in [0.1, 0.15) is 29.9 Å². The Morgan fingerprint density at radius 3 is 2.63 bits per heavy atom. The third kappa shape index (κ3) is 5.38. The lowest BCUT2D eigenvalue weighted by molar-refractivity contribution is -0.122. The summed E-state index contributed by atoms with van der Waals surface area (Å²) in [5, 5.41) is 11.7. The van der Waals surface area contributed by atoms with E-state index in [1.165, 1.54) is 44.3 Å². The van der Waals surface area contributed by atoms with Crippen molar-refractivity contribution in [2.75, 3.05) is 19.4 Å². The fraction of sp³-hybridized carbons (Fsp3) is 0.286. The van der Waals surface area contributed by atoms with Crippen molar-refractivity contribution in [2.24, 2.45) is 4.99 Å². The first-order valence-corrected chi connectivity index (χ1v) is 8.99. The minimum absolute atomic E-state index is 0.0764. The van der Waals surface area contributed by atoms with Crippen LogP contribution in [0.1, 0.15) is 30.0 Å². The summed E-state index contributed by atoms with van der Waals surface area (Å²) in [7, 11) is 1.37. The van der Waals surface area contributed by atoms with E-state index in [2.05, 4.69) is 10.3 Å². The molecule has 30 heavy (non-hydrogen) atoms. The summed E-state index contributed by atoms with van der Waals surface area (Å²) in [6, 6.07) is 10.5. The molecule has 2 aromatic rings. The number of hydrogen-bond acceptors (Lipinski definition) is 6. The summed E-state index contributed by atoms with van der Waals surface area (Å²) in [4.78, 5) is 27.7. The van der Waals surface area contributed by atoms with Crippen molar-refractivity contribution in [1.29, 1.82) is 0 Å². The molecule has 0 spiro atoms. The van der Waals surface area contributed by atoms with E-state index in [9.17, 15) is 23.5 Å². The molecule has 7 nitrogen and oxygen atoms in total. The molecule has 4 N–H and O–H groups in total. The van der Waals surface area contributed by atoms with Gasteiger partial charge >= 0.3 is 0 Å². The molecule has 9 heteroatoms. The monoisotopic (exact) mass is 419 g/mol. The van der Waals surface area contributed by atoms with Gasteiger partial charge in [-0.2, -0.15) is 0 Å². The second kappa shape index (κ2) is 9.93. The molecule has 0 saturated carbocycles. The molecule has 0 aromatic heterocycles. The highest BCUT2D eigenvalue weighted by Gasteiger charge is 2.28. The Balaban J connectivity index is 2.26. The van der Waals surface area contributed by atoms with Crippen LogP contribution in [0.3, 0.4) is 0 Å². The van der Waals surface area contributed by atoms with E-state index in [4.69, 9.17) is 10.5 Å². The average molecular weight is 419 g/mol. The van der Waals surface area contributed by atoms with Gasteiger partial charge in [-0.1, -0.05) is 24.3 Å². The Labute approximate surface area is 172 Å². The van der Waals surface area contributed by atoms with Gasteiger partial charge in [-0.05, 0) is 30.7 Å². The van der Waals surface area contributed by atoms with Gasteiger partial charge in [-0.15, -0.1) is 0 Å². The predicted octanol–water partition coefficient (Wildman–Crippen LogP) is 2.27. The molecule has 2 rings (SSSR count). The number of aldehydes is 1. The van der Waals surface area contributed by atoms with Crippen LogP contribution in [0.15, 0.2) is 47.5 Å². The van der Waals surface area contributed by atoms with Crippen LogP contribution in [0.5, 0.6) is 5.75 Å². The molecule has 0 aliphatic rings. The zero-order chi connectivity index (χ0) is 22.3. The molecule has 0 aliphatic heterocycles. The van der Waals surface area contributed by atoms with Crippen LogP contribution in [-0.4, -0.2) is 42.2 Å². The van der Waals surface area contributed by atoms with E-state index in [0.717, 1.165) is 0 Å². The number of hydrogen-bond donors (Lipinski definition) is 3. The maximum Gasteiger partial charge on any atom is 0.270 e. The smallest absolute Gasteiger partial charge is 0.270 e. The standard InChI is InChI=1S/C21H23F2N3O4/c1-21(11-27,12-28)26-20(29)18(25-2)16-9-14(7-8-17(16)24)30-10-13-5-3-4-6-15(13)19(22)23/h3-9,11,19,28H,10,12,24H2,1-2H3,(H,26,29). The van der Waals surface area contributed by atoms with Gasteiger partial charge in [0.2, 0.25) is 0 Å². The summed E-state index contributed by atoms with van der Waals surface area (Å²) in [6.45, 7) is 0.651. The van der Waals surface area contributed by atoms with E-state index in [1.807, 2.05) is 0 Å². The molecule has 1 unspecified atom stereocenters. The van der Waals surface area contributed by atoms with Crippen molar-refractivity contribution in [3.8, 4) is 5.75 Å². The number of nitrogen functional groups attached to an aromatic ring is 1. The van der Waals surface area contributed by atoms with Crippen LogP contribution >= 0.6 is 0 Å². The van der Waals surface area contributed by atoms with Crippen LogP contribution in [0.25, 0.3) is 0 Å². The number of nitrogens with zero attached hydrogens (tertiary/aromatic N) is 1. The number of benzene rings is 2. The molecule has 160 valence electrons. The van der Waals surface area contributed by atoms with Gasteiger partial charge in [0, 0.05) is 23.9 Å². The quantitative estimate of drug-likeness (QED) is 0.328. The van der Waals surface area contributed by atoms with E-state index in [1.54, 1.807) is 12.1 Å². The highest BCUT2D eigenvalue weighted by Crippen LogP contribution is 2.26. The molecule has 0 radical (unpaired) electrons. The molecular weight excluding hydrogens is 396 g/mol. The second-order valence-corrected chi connectivity index (χ2v) is 6.76. The number of amides is 1. The Bertz CT molecular complexity index is 950. The summed E-state index contributed by atoms with van der Waals surface area (Å²) in [5.74, 6) is -0.425. The normalized spacial score (nSPS) is 13.6. The van der Waals surface area contributed by atoms with Crippen molar-refractivity contribution in [2.45, 2.75) is 25.5 Å². The van der Waals surface area contributed by atoms with Crippen LogP contribution in [-0.2, 0) is 16.2 Å². The molecule has 0 heterocycles. The van der Waals surface area contributed by atoms with Crippen molar-refractivity contribution >= 4 is 23.6 Å². The average Bonchev–Trinajstić information content (AvgIpc) is 2.74. The third-order valence-electron chi connectivity index (χ3n) is 4.39. The third-order valence-corrected chi connectivity index (χ3v) is 4.39. The Hall–Kier alpha value is -3.33. The first-order chi connectivity index (χ1) is 14.2. The highest BCUT2D eigenvalue weighted by molar-refractivity contribution is 6.46. The fourth-order valence-electron chi connectivity index (χ4n) is 2.64. The van der Waals surface area contributed by atoms with Gasteiger partial charge in [0.05, 0.1) is 6.61 Å². The van der Waals surface area contributed by atoms with Gasteiger partial charge in [0.15, 0.2) is 0 Å². The Morgan fingerprint density at radius 2 is 2.03 bits per heavy atom. The largest absolute Gasteiger partial charge is 0.489 e. The SMILES string of the molecule is CN=C(C(=O)NC(C)(C=O)CO)c1cc(OCc2ccccc2C(F)F)ccc1N. The summed E-state index contributed by atoms with van der Waals surface area (Å²) >= 11 is 0. The number of carbonyl (C=O) groups is 2. The van der Waals surface area contributed by atoms with E-state index < -0.39 is 24.5 Å². The second-order valence-electron chi connectivity index (χ2n) is 6.76. The number of nitrogens with one attached hydrogen (secondary N) is 1. The zero-order valence-electron chi connectivity index (χ0n) is 16.6. The van der Waals surface area contributed by atoms with Gasteiger partial charge in [-0.3, -0.25) is 9.79 Å². The first-order valence-electron chi connectivity index (χ1n) is 8.99. The van der Waals surface area contributed by atoms with Crippen molar-refractivity contribution < 1.29 is 28.2 Å². The summed E-state index contributed by atoms with van der Waals surface area (Å²) in [5.41, 5.74) is 5.08. The van der Waals surface area contributed by atoms with E-state index in [0.29, 0.717) is 11.8 Å². The Morgan fingerprint density at radius 1 is 1.33 bits per heavy atom. The lowest BCUT2D eigenvalue weighted by Gasteiger charge is -2.22. The zero-order valence-corrected chi connectivity index (χ0v) is 16.6. The maximum atomic E-state index is 13.1. The van der Waals surface area contributed by atoms with Crippen molar-refractivity contribution in [1.82, 2.24) is 5.32 Å². The number of nitrogens with two attached hydrogens (primary N) is 1. The summed E-state index contributed by atoms with van der Waals surface area (Å²) < 4.78 is 31.9. The molecule has 0 saturated heterocycles. The van der Waals surface area contributed by atoms with Crippen molar-refractivity contribution in [3.05, 3.63) is 59.2 Å². The molecular formula is C21H23F2N3O4. The molecule has 1 atom stereocenters. The minimum atomic E-state index is -2.63. The first kappa shape index (κ1) is 23.0. The molecule has 2 aromatic carbocycles. The number of alkyl halides is 2. The topological polar surface area (TPSA) is 114 Å². The number of aliphatic imine (C=N–C) groups is 1. The van der Waals surface area contributed by atoms with E-state index >= 15 is 0 Å². The number of halogens is 2. The number of aliphatic hydroxyl groups is 1. The summed E-state index contributed by atoms with van der Waals surface area (Å²) in [6.07, 6.45) is -2.21. The van der Waals surface area contributed by atoms with Gasteiger partial charge in [-0.25, -0.2) is 8.78 Å². The van der Waals surface area contributed by atoms with Crippen LogP contribution in [0.2, 0.25) is 0 Å². The fourth-order valence-corrected chi connectivity index (χ4v) is 2.64. The maximum absolute atomic E-state index is 13.1. The molecule has 0 fully saturated rings. The van der Waals surface area contributed by atoms with Crippen molar-refractivity contribution in [3.63, 3.8) is 0 Å². The van der Waals surface area contributed by atoms with Crippen LogP contribution < -0.4 is 15.8 Å². The number of carbonyl (C=O) groups excluding carboxylic acids is 2.